The normalized spacial score (nSPS) is 15.8. The molecule has 23 heavy (non-hydrogen) atoms. The second-order valence-corrected chi connectivity index (χ2v) is 6.01. The van der Waals surface area contributed by atoms with Crippen molar-refractivity contribution in [2.24, 2.45) is 0 Å². The summed E-state index contributed by atoms with van der Waals surface area (Å²) in [4.78, 5) is 6.95. The van der Waals surface area contributed by atoms with E-state index in [1.807, 2.05) is 4.93 Å². The first-order chi connectivity index (χ1) is 11.3. The smallest absolute Gasteiger partial charge is 0.0237 e. The number of alkyl halides is 1. The lowest BCUT2D eigenvalue weighted by atomic mass is 9.99. The van der Waals surface area contributed by atoms with Crippen molar-refractivity contribution >= 4 is 22.6 Å². The Morgan fingerprint density at radius 1 is 0.783 bits per heavy atom. The van der Waals surface area contributed by atoms with E-state index in [-0.39, 0.29) is 0 Å². The van der Waals surface area contributed by atoms with Crippen molar-refractivity contribution in [1.29, 1.82) is 0 Å². The predicted octanol–water partition coefficient (Wildman–Crippen LogP) is 4.08. The van der Waals surface area contributed by atoms with Crippen molar-refractivity contribution in [1.82, 2.24) is 9.80 Å². The van der Waals surface area contributed by atoms with E-state index in [1.54, 1.807) is 0 Å². The lowest BCUT2D eigenvalue weighted by molar-refractivity contribution is 0.148. The maximum atomic E-state index is 2.57. The molecule has 0 spiro atoms. The minimum atomic E-state index is 1.03. The Kier molecular flexibility index (Phi) is 8.06. The van der Waals surface area contributed by atoms with Gasteiger partial charge in [-0.05, 0) is 35.1 Å². The SMILES string of the molecule is CI.CN1CCN(Cc2ccccc2Cc2ccccc2)CC1. The molecule has 0 aliphatic carbocycles. The number of hydrogen-bond donors (Lipinski definition) is 0. The highest BCUT2D eigenvalue weighted by Gasteiger charge is 2.15. The summed E-state index contributed by atoms with van der Waals surface area (Å²) in [6.07, 6.45) is 1.03. The van der Waals surface area contributed by atoms with Crippen molar-refractivity contribution in [2.45, 2.75) is 13.0 Å². The molecule has 2 nitrogen and oxygen atoms in total. The molecule has 3 rings (SSSR count). The maximum absolute atomic E-state index is 2.57. The van der Waals surface area contributed by atoms with Crippen LogP contribution in [0, 0.1) is 0 Å². The second-order valence-electron chi connectivity index (χ2n) is 6.01. The molecule has 0 N–H and O–H groups in total. The van der Waals surface area contributed by atoms with Gasteiger partial charge in [0.25, 0.3) is 0 Å². The molecule has 124 valence electrons. The average Bonchev–Trinajstić information content (AvgIpc) is 2.61. The van der Waals surface area contributed by atoms with Crippen LogP contribution in [0.1, 0.15) is 16.7 Å². The van der Waals surface area contributed by atoms with Crippen LogP contribution in [-0.4, -0.2) is 48.0 Å². The Bertz CT molecular complexity index is 563. The first-order valence-electron chi connectivity index (χ1n) is 8.21. The molecule has 0 aromatic heterocycles. The molecule has 2 aromatic rings. The van der Waals surface area contributed by atoms with Gasteiger partial charge < -0.3 is 4.90 Å². The van der Waals surface area contributed by atoms with Gasteiger partial charge in [0.05, 0.1) is 0 Å². The first-order valence-corrected chi connectivity index (χ1v) is 10.4. The van der Waals surface area contributed by atoms with Crippen LogP contribution in [0.2, 0.25) is 0 Å². The third kappa shape index (κ3) is 5.90. The molecule has 0 atom stereocenters. The fourth-order valence-electron chi connectivity index (χ4n) is 2.95. The molecule has 1 aliphatic rings. The van der Waals surface area contributed by atoms with E-state index in [0.29, 0.717) is 0 Å². The summed E-state index contributed by atoms with van der Waals surface area (Å²) in [6, 6.07) is 19.6. The Morgan fingerprint density at radius 2 is 1.35 bits per heavy atom. The zero-order valence-corrected chi connectivity index (χ0v) is 16.4. The predicted molar refractivity (Wildman–Crippen MR) is 108 cm³/mol. The Hall–Kier alpha value is -0.910. The number of piperazine rings is 1. The van der Waals surface area contributed by atoms with Crippen molar-refractivity contribution < 1.29 is 0 Å². The van der Waals surface area contributed by atoms with Crippen molar-refractivity contribution in [3.8, 4) is 0 Å². The first kappa shape index (κ1) is 18.4. The van der Waals surface area contributed by atoms with Crippen LogP contribution in [0.4, 0.5) is 0 Å². The number of rotatable bonds is 4. The third-order valence-corrected chi connectivity index (χ3v) is 4.35. The van der Waals surface area contributed by atoms with Crippen LogP contribution in [0.15, 0.2) is 54.6 Å². The minimum absolute atomic E-state index is 1.03. The lowest BCUT2D eigenvalue weighted by Gasteiger charge is -2.32. The topological polar surface area (TPSA) is 6.48 Å². The van der Waals surface area contributed by atoms with Gasteiger partial charge in [-0.1, -0.05) is 77.2 Å². The summed E-state index contributed by atoms with van der Waals surface area (Å²) in [5, 5.41) is 0. The van der Waals surface area contributed by atoms with Gasteiger partial charge in [0.15, 0.2) is 0 Å². The number of benzene rings is 2. The van der Waals surface area contributed by atoms with Gasteiger partial charge in [-0.3, -0.25) is 4.90 Å². The molecule has 1 heterocycles. The molecule has 1 fully saturated rings. The molecule has 2 aromatic carbocycles. The molecule has 3 heteroatoms. The number of nitrogens with zero attached hydrogens (tertiary/aromatic N) is 2. The summed E-state index contributed by atoms with van der Waals surface area (Å²) in [7, 11) is 2.21. The van der Waals surface area contributed by atoms with Crippen molar-refractivity contribution in [2.75, 3.05) is 38.2 Å². The fraction of sp³-hybridized carbons (Fsp3) is 0.400. The van der Waals surface area contributed by atoms with Gasteiger partial charge in [-0.2, -0.15) is 0 Å². The van der Waals surface area contributed by atoms with E-state index in [9.17, 15) is 0 Å². The van der Waals surface area contributed by atoms with E-state index in [0.717, 1.165) is 13.0 Å². The maximum Gasteiger partial charge on any atom is 0.0237 e. The van der Waals surface area contributed by atoms with Crippen LogP contribution in [-0.2, 0) is 13.0 Å². The average molecular weight is 422 g/mol. The monoisotopic (exact) mass is 422 g/mol. The van der Waals surface area contributed by atoms with E-state index < -0.39 is 0 Å². The summed E-state index contributed by atoms with van der Waals surface area (Å²) in [5.74, 6) is 0. The number of likely N-dealkylation sites (N-methyl/N-ethyl adjacent to an activating group) is 1. The Morgan fingerprint density at radius 3 is 2.00 bits per heavy atom. The van der Waals surface area contributed by atoms with E-state index >= 15 is 0 Å². The molecule has 0 bridgehead atoms. The Balaban J connectivity index is 0.000000924. The highest BCUT2D eigenvalue weighted by atomic mass is 127. The van der Waals surface area contributed by atoms with Gasteiger partial charge in [0, 0.05) is 32.7 Å². The van der Waals surface area contributed by atoms with Gasteiger partial charge >= 0.3 is 0 Å². The van der Waals surface area contributed by atoms with E-state index in [4.69, 9.17) is 0 Å². The van der Waals surface area contributed by atoms with Crippen LogP contribution >= 0.6 is 22.6 Å². The zero-order valence-electron chi connectivity index (χ0n) is 14.2. The van der Waals surface area contributed by atoms with Gasteiger partial charge in [0.1, 0.15) is 0 Å². The quantitative estimate of drug-likeness (QED) is 0.542. The second kappa shape index (κ2) is 10.1. The van der Waals surface area contributed by atoms with Crippen LogP contribution in [0.3, 0.4) is 0 Å². The van der Waals surface area contributed by atoms with Gasteiger partial charge in [-0.15, -0.1) is 0 Å². The largest absolute Gasteiger partial charge is 0.304 e. The van der Waals surface area contributed by atoms with E-state index in [2.05, 4.69) is 94.0 Å². The highest BCUT2D eigenvalue weighted by Crippen LogP contribution is 2.17. The molecule has 1 aliphatic heterocycles. The summed E-state index contributed by atoms with van der Waals surface area (Å²) < 4.78 is 0. The van der Waals surface area contributed by atoms with Crippen molar-refractivity contribution in [3.05, 3.63) is 71.3 Å². The Labute approximate surface area is 154 Å². The van der Waals surface area contributed by atoms with Crippen LogP contribution < -0.4 is 0 Å². The number of halogens is 1. The van der Waals surface area contributed by atoms with Crippen LogP contribution in [0.25, 0.3) is 0 Å². The highest BCUT2D eigenvalue weighted by molar-refractivity contribution is 14.1. The molecular weight excluding hydrogens is 395 g/mol. The van der Waals surface area contributed by atoms with Gasteiger partial charge in [0.2, 0.25) is 0 Å². The molecule has 0 amide bonds. The van der Waals surface area contributed by atoms with Crippen LogP contribution in [0.5, 0.6) is 0 Å². The minimum Gasteiger partial charge on any atom is -0.304 e. The third-order valence-electron chi connectivity index (χ3n) is 4.35. The molecule has 0 saturated carbocycles. The molecule has 0 unspecified atom stereocenters. The molecular formula is C20H27IN2. The fourth-order valence-corrected chi connectivity index (χ4v) is 2.95. The summed E-state index contributed by atoms with van der Waals surface area (Å²) in [6.45, 7) is 5.80. The van der Waals surface area contributed by atoms with E-state index in [1.165, 1.54) is 42.9 Å². The van der Waals surface area contributed by atoms with Gasteiger partial charge in [-0.25, -0.2) is 0 Å². The summed E-state index contributed by atoms with van der Waals surface area (Å²) in [5.41, 5.74) is 4.33. The lowest BCUT2D eigenvalue weighted by Crippen LogP contribution is -2.44. The number of hydrogen-bond acceptors (Lipinski definition) is 2. The molecule has 1 saturated heterocycles. The molecule has 0 radical (unpaired) electrons. The zero-order chi connectivity index (χ0) is 16.5. The summed E-state index contributed by atoms with van der Waals surface area (Å²) >= 11 is 2.15. The standard InChI is InChI=1S/C19H24N2.CH3I/c1-20-11-13-21(14-12-20)16-19-10-6-5-9-18(19)15-17-7-3-2-4-8-17;1-2/h2-10H,11-16H2,1H3;1H3. The van der Waals surface area contributed by atoms with Crippen molar-refractivity contribution in [3.63, 3.8) is 0 Å².